The van der Waals surface area contributed by atoms with Gasteiger partial charge in [0.05, 0.1) is 0 Å². The highest BCUT2D eigenvalue weighted by Gasteiger charge is 2.34. The van der Waals surface area contributed by atoms with Gasteiger partial charge in [0.15, 0.2) is 0 Å². The second-order valence-electron chi connectivity index (χ2n) is 4.67. The number of carboxylic acid groups (broad SMARTS) is 1. The molecule has 1 unspecified atom stereocenters. The van der Waals surface area contributed by atoms with Crippen molar-refractivity contribution in [3.05, 3.63) is 0 Å². The van der Waals surface area contributed by atoms with E-state index in [1.54, 1.807) is 4.90 Å². The average Bonchev–Trinajstić information content (AvgIpc) is 3.09. The van der Waals surface area contributed by atoms with Gasteiger partial charge in [0.25, 0.3) is 0 Å². The number of carbonyl (C=O) groups is 2. The molecule has 1 rings (SSSR count). The molecule has 0 spiro atoms. The lowest BCUT2D eigenvalue weighted by molar-refractivity contribution is -0.140. The Kier molecular flexibility index (Phi) is 4.78. The molecule has 1 aliphatic rings. The van der Waals surface area contributed by atoms with Gasteiger partial charge in [-0.3, -0.25) is 0 Å². The van der Waals surface area contributed by atoms with Gasteiger partial charge in [-0.05, 0) is 25.7 Å². The molecule has 98 valence electrons. The maximum absolute atomic E-state index is 11.9. The molecule has 1 saturated carbocycles. The van der Waals surface area contributed by atoms with Crippen molar-refractivity contribution in [1.82, 2.24) is 10.2 Å². The Hall–Kier alpha value is -1.26. The molecule has 5 nitrogen and oxygen atoms in total. The largest absolute Gasteiger partial charge is 0.480 e. The third kappa shape index (κ3) is 3.61. The highest BCUT2D eigenvalue weighted by atomic mass is 16.4. The minimum atomic E-state index is -0.959. The fourth-order valence-corrected chi connectivity index (χ4v) is 1.85. The Balaban J connectivity index is 2.59. The van der Waals surface area contributed by atoms with Crippen molar-refractivity contribution in [2.45, 2.75) is 52.1 Å². The number of hydrogen-bond donors (Lipinski definition) is 2. The van der Waals surface area contributed by atoms with Crippen molar-refractivity contribution in [3.8, 4) is 0 Å². The number of carbonyl (C=O) groups excluding carboxylic acids is 1. The SMILES string of the molecule is CCC(C)[C@H](NC(=O)N(CC)C1CC1)C(=O)O. The van der Waals surface area contributed by atoms with Gasteiger partial charge in [0.2, 0.25) is 0 Å². The van der Waals surface area contributed by atoms with Crippen LogP contribution in [0, 0.1) is 5.92 Å². The molecule has 0 heterocycles. The van der Waals surface area contributed by atoms with Gasteiger partial charge in [0.1, 0.15) is 6.04 Å². The monoisotopic (exact) mass is 242 g/mol. The van der Waals surface area contributed by atoms with Crippen LogP contribution in [-0.2, 0) is 4.79 Å². The molecule has 0 saturated heterocycles. The summed E-state index contributed by atoms with van der Waals surface area (Å²) in [5.41, 5.74) is 0. The van der Waals surface area contributed by atoms with Gasteiger partial charge in [-0.15, -0.1) is 0 Å². The van der Waals surface area contributed by atoms with Crippen molar-refractivity contribution >= 4 is 12.0 Å². The lowest BCUT2D eigenvalue weighted by atomic mass is 9.99. The van der Waals surface area contributed by atoms with Crippen LogP contribution in [0.15, 0.2) is 0 Å². The first-order valence-electron chi connectivity index (χ1n) is 6.31. The van der Waals surface area contributed by atoms with Crippen molar-refractivity contribution in [2.24, 2.45) is 5.92 Å². The number of urea groups is 1. The molecule has 2 amide bonds. The third-order valence-corrected chi connectivity index (χ3v) is 3.35. The first kappa shape index (κ1) is 13.8. The van der Waals surface area contributed by atoms with E-state index >= 15 is 0 Å². The fraction of sp³-hybridized carbons (Fsp3) is 0.833. The topological polar surface area (TPSA) is 69.6 Å². The Labute approximate surface area is 102 Å². The zero-order chi connectivity index (χ0) is 13.0. The molecule has 2 atom stereocenters. The van der Waals surface area contributed by atoms with Gasteiger partial charge in [0, 0.05) is 12.6 Å². The summed E-state index contributed by atoms with van der Waals surface area (Å²) in [7, 11) is 0. The van der Waals surface area contributed by atoms with Crippen molar-refractivity contribution < 1.29 is 14.7 Å². The maximum atomic E-state index is 11.9. The summed E-state index contributed by atoms with van der Waals surface area (Å²) < 4.78 is 0. The Morgan fingerprint density at radius 3 is 2.35 bits per heavy atom. The standard InChI is InChI=1S/C12H22N2O3/c1-4-8(3)10(11(15)16)13-12(17)14(5-2)9-6-7-9/h8-10H,4-7H2,1-3H3,(H,13,17)(H,15,16)/t8?,10-/m0/s1. The summed E-state index contributed by atoms with van der Waals surface area (Å²) in [5, 5.41) is 11.7. The van der Waals surface area contributed by atoms with E-state index in [9.17, 15) is 9.59 Å². The molecule has 2 N–H and O–H groups in total. The van der Waals surface area contributed by atoms with Gasteiger partial charge in [-0.2, -0.15) is 0 Å². The molecule has 17 heavy (non-hydrogen) atoms. The van der Waals surface area contributed by atoms with E-state index in [-0.39, 0.29) is 11.9 Å². The van der Waals surface area contributed by atoms with Crippen LogP contribution in [0.2, 0.25) is 0 Å². The highest BCUT2D eigenvalue weighted by Crippen LogP contribution is 2.26. The molecule has 0 radical (unpaired) electrons. The van der Waals surface area contributed by atoms with Crippen LogP contribution in [0.25, 0.3) is 0 Å². The predicted molar refractivity (Wildman–Crippen MR) is 64.8 cm³/mol. The number of hydrogen-bond acceptors (Lipinski definition) is 2. The third-order valence-electron chi connectivity index (χ3n) is 3.35. The normalized spacial score (nSPS) is 18.3. The number of aliphatic carboxylic acids is 1. The number of carboxylic acids is 1. The Bertz CT molecular complexity index is 289. The van der Waals surface area contributed by atoms with Crippen molar-refractivity contribution in [2.75, 3.05) is 6.54 Å². The van der Waals surface area contributed by atoms with Crippen LogP contribution in [0.5, 0.6) is 0 Å². The summed E-state index contributed by atoms with van der Waals surface area (Å²) in [6, 6.07) is -0.727. The van der Waals surface area contributed by atoms with Crippen LogP contribution in [-0.4, -0.2) is 40.6 Å². The van der Waals surface area contributed by atoms with Gasteiger partial charge < -0.3 is 15.3 Å². The van der Waals surface area contributed by atoms with Gasteiger partial charge >= 0.3 is 12.0 Å². The Morgan fingerprint density at radius 2 is 2.00 bits per heavy atom. The van der Waals surface area contributed by atoms with E-state index < -0.39 is 12.0 Å². The zero-order valence-corrected chi connectivity index (χ0v) is 10.8. The van der Waals surface area contributed by atoms with E-state index in [4.69, 9.17) is 5.11 Å². The smallest absolute Gasteiger partial charge is 0.326 e. The summed E-state index contributed by atoms with van der Waals surface area (Å²) in [6.07, 6.45) is 2.79. The predicted octanol–water partition coefficient (Wildman–Crippen LogP) is 1.68. The van der Waals surface area contributed by atoms with Crippen LogP contribution < -0.4 is 5.32 Å². The molecule has 0 aliphatic heterocycles. The van der Waals surface area contributed by atoms with E-state index in [0.29, 0.717) is 12.6 Å². The zero-order valence-electron chi connectivity index (χ0n) is 10.8. The molecule has 0 bridgehead atoms. The molecule has 1 fully saturated rings. The first-order chi connectivity index (χ1) is 8.01. The average molecular weight is 242 g/mol. The van der Waals surface area contributed by atoms with E-state index in [1.165, 1.54) is 0 Å². The molecule has 5 heteroatoms. The van der Waals surface area contributed by atoms with Crippen LogP contribution in [0.1, 0.15) is 40.0 Å². The van der Waals surface area contributed by atoms with Crippen LogP contribution in [0.3, 0.4) is 0 Å². The summed E-state index contributed by atoms with van der Waals surface area (Å²) in [5.74, 6) is -1.02. The second-order valence-corrected chi connectivity index (χ2v) is 4.67. The first-order valence-corrected chi connectivity index (χ1v) is 6.31. The number of amides is 2. The van der Waals surface area contributed by atoms with E-state index in [1.807, 2.05) is 20.8 Å². The van der Waals surface area contributed by atoms with Crippen LogP contribution in [0.4, 0.5) is 4.79 Å². The molecular weight excluding hydrogens is 220 g/mol. The van der Waals surface area contributed by atoms with Crippen LogP contribution >= 0.6 is 0 Å². The lowest BCUT2D eigenvalue weighted by Crippen LogP contribution is -2.51. The lowest BCUT2D eigenvalue weighted by Gasteiger charge is -2.26. The second kappa shape index (κ2) is 5.89. The molecule has 0 aromatic rings. The van der Waals surface area contributed by atoms with Crippen molar-refractivity contribution in [3.63, 3.8) is 0 Å². The van der Waals surface area contributed by atoms with E-state index in [0.717, 1.165) is 19.3 Å². The Morgan fingerprint density at radius 1 is 1.41 bits per heavy atom. The number of nitrogens with one attached hydrogen (secondary N) is 1. The van der Waals surface area contributed by atoms with Gasteiger partial charge in [-0.1, -0.05) is 20.3 Å². The summed E-state index contributed by atoms with van der Waals surface area (Å²) in [4.78, 5) is 24.8. The molecule has 0 aromatic heterocycles. The van der Waals surface area contributed by atoms with Crippen molar-refractivity contribution in [1.29, 1.82) is 0 Å². The highest BCUT2D eigenvalue weighted by molar-refractivity contribution is 5.83. The minimum absolute atomic E-state index is 0.0608. The fourth-order valence-electron chi connectivity index (χ4n) is 1.85. The number of rotatable bonds is 6. The number of nitrogens with zero attached hydrogens (tertiary/aromatic N) is 1. The maximum Gasteiger partial charge on any atom is 0.326 e. The molecular formula is C12H22N2O3. The summed E-state index contributed by atoms with van der Waals surface area (Å²) >= 11 is 0. The quantitative estimate of drug-likeness (QED) is 0.744. The molecule has 0 aromatic carbocycles. The van der Waals surface area contributed by atoms with E-state index in [2.05, 4.69) is 5.32 Å². The van der Waals surface area contributed by atoms with Gasteiger partial charge in [-0.25, -0.2) is 9.59 Å². The summed E-state index contributed by atoms with van der Waals surface area (Å²) in [6.45, 7) is 6.30. The minimum Gasteiger partial charge on any atom is -0.480 e. The molecule has 1 aliphatic carbocycles.